The Balaban J connectivity index is 2.38. The van der Waals surface area contributed by atoms with Gasteiger partial charge in [0.25, 0.3) is 0 Å². The summed E-state index contributed by atoms with van der Waals surface area (Å²) in [4.78, 5) is 24.9. The molecule has 0 spiro atoms. The van der Waals surface area contributed by atoms with E-state index in [9.17, 15) is 9.59 Å². The van der Waals surface area contributed by atoms with E-state index in [1.165, 1.54) is 6.92 Å². The Morgan fingerprint density at radius 1 is 1.56 bits per heavy atom. The van der Waals surface area contributed by atoms with Gasteiger partial charge in [0.05, 0.1) is 10.7 Å². The van der Waals surface area contributed by atoms with Gasteiger partial charge in [-0.2, -0.15) is 0 Å². The number of anilines is 1. The number of halogens is 1. The number of hydrogen-bond acceptors (Lipinski definition) is 2. The van der Waals surface area contributed by atoms with Crippen molar-refractivity contribution in [2.45, 2.75) is 13.3 Å². The number of nitrogens with zero attached hydrogens (tertiary/aromatic N) is 1. The Labute approximate surface area is 111 Å². The second-order valence-electron chi connectivity index (χ2n) is 4.43. The largest absolute Gasteiger partial charge is 0.310 e. The third-order valence-electron chi connectivity index (χ3n) is 3.13. The number of carbonyl (C=O) groups excluding carboxylic acids is 2. The summed E-state index contributed by atoms with van der Waals surface area (Å²) >= 11 is 6.11. The van der Waals surface area contributed by atoms with Gasteiger partial charge in [-0.15, -0.1) is 6.58 Å². The SMILES string of the molecule is C=CC1CC(=O)N(c2cc(C(C)=O)ccc2Cl)C1. The van der Waals surface area contributed by atoms with Crippen molar-refractivity contribution in [3.05, 3.63) is 41.4 Å². The van der Waals surface area contributed by atoms with Gasteiger partial charge in [0.2, 0.25) is 5.91 Å². The van der Waals surface area contributed by atoms with E-state index in [1.807, 2.05) is 0 Å². The number of ketones is 1. The Hall–Kier alpha value is -1.61. The van der Waals surface area contributed by atoms with Crippen molar-refractivity contribution in [2.24, 2.45) is 5.92 Å². The van der Waals surface area contributed by atoms with Crippen molar-refractivity contribution in [1.29, 1.82) is 0 Å². The Morgan fingerprint density at radius 2 is 2.28 bits per heavy atom. The molecule has 0 saturated carbocycles. The fraction of sp³-hybridized carbons (Fsp3) is 0.286. The van der Waals surface area contributed by atoms with Gasteiger partial charge in [0.1, 0.15) is 0 Å². The predicted octanol–water partition coefficient (Wildman–Crippen LogP) is 3.08. The highest BCUT2D eigenvalue weighted by Gasteiger charge is 2.30. The van der Waals surface area contributed by atoms with Crippen molar-refractivity contribution < 1.29 is 9.59 Å². The van der Waals surface area contributed by atoms with E-state index in [-0.39, 0.29) is 17.6 Å². The van der Waals surface area contributed by atoms with Crippen LogP contribution in [0.2, 0.25) is 5.02 Å². The molecule has 1 fully saturated rings. The van der Waals surface area contributed by atoms with Crippen LogP contribution in [0, 0.1) is 5.92 Å². The maximum atomic E-state index is 11.9. The minimum Gasteiger partial charge on any atom is -0.310 e. The Kier molecular flexibility index (Phi) is 3.53. The van der Waals surface area contributed by atoms with Crippen LogP contribution >= 0.6 is 11.6 Å². The second kappa shape index (κ2) is 4.94. The molecule has 0 radical (unpaired) electrons. The predicted molar refractivity (Wildman–Crippen MR) is 72.1 cm³/mol. The van der Waals surface area contributed by atoms with E-state index in [4.69, 9.17) is 11.6 Å². The normalized spacial score (nSPS) is 19.1. The zero-order valence-corrected chi connectivity index (χ0v) is 10.9. The molecule has 4 heteroatoms. The summed E-state index contributed by atoms with van der Waals surface area (Å²) in [5, 5.41) is 0.484. The zero-order chi connectivity index (χ0) is 13.3. The molecular weight excluding hydrogens is 250 g/mol. The molecule has 1 atom stereocenters. The number of rotatable bonds is 3. The van der Waals surface area contributed by atoms with Crippen molar-refractivity contribution in [3.63, 3.8) is 0 Å². The molecule has 3 nitrogen and oxygen atoms in total. The summed E-state index contributed by atoms with van der Waals surface area (Å²) in [6.45, 7) is 5.77. The quantitative estimate of drug-likeness (QED) is 0.621. The lowest BCUT2D eigenvalue weighted by molar-refractivity contribution is -0.117. The van der Waals surface area contributed by atoms with Crippen LogP contribution in [0.25, 0.3) is 0 Å². The van der Waals surface area contributed by atoms with Gasteiger partial charge < -0.3 is 4.90 Å². The lowest BCUT2D eigenvalue weighted by Gasteiger charge is -2.18. The molecule has 0 N–H and O–H groups in total. The van der Waals surface area contributed by atoms with Crippen molar-refractivity contribution in [3.8, 4) is 0 Å². The smallest absolute Gasteiger partial charge is 0.227 e. The van der Waals surface area contributed by atoms with E-state index < -0.39 is 0 Å². The molecule has 1 heterocycles. The average molecular weight is 264 g/mol. The third-order valence-corrected chi connectivity index (χ3v) is 3.45. The number of hydrogen-bond donors (Lipinski definition) is 0. The molecule has 0 aliphatic carbocycles. The van der Waals surface area contributed by atoms with E-state index in [0.29, 0.717) is 29.2 Å². The molecule has 0 aromatic heterocycles. The van der Waals surface area contributed by atoms with Crippen LogP contribution in [-0.4, -0.2) is 18.2 Å². The molecule has 1 saturated heterocycles. The number of amides is 1. The monoisotopic (exact) mass is 263 g/mol. The van der Waals surface area contributed by atoms with E-state index >= 15 is 0 Å². The molecule has 94 valence electrons. The van der Waals surface area contributed by atoms with Gasteiger partial charge in [0.15, 0.2) is 5.78 Å². The molecule has 1 aliphatic rings. The van der Waals surface area contributed by atoms with Crippen LogP contribution in [0.3, 0.4) is 0 Å². The summed E-state index contributed by atoms with van der Waals surface area (Å²) in [5.41, 5.74) is 1.17. The second-order valence-corrected chi connectivity index (χ2v) is 4.83. The van der Waals surface area contributed by atoms with Crippen LogP contribution in [0.5, 0.6) is 0 Å². The van der Waals surface area contributed by atoms with Gasteiger partial charge in [-0.1, -0.05) is 17.7 Å². The molecule has 0 bridgehead atoms. The average Bonchev–Trinajstić information content (AvgIpc) is 2.71. The lowest BCUT2D eigenvalue weighted by atomic mass is 10.1. The van der Waals surface area contributed by atoms with Crippen LogP contribution in [0.4, 0.5) is 5.69 Å². The number of benzene rings is 1. The first-order valence-corrected chi connectivity index (χ1v) is 6.14. The fourth-order valence-electron chi connectivity index (χ4n) is 2.06. The molecule has 1 aliphatic heterocycles. The van der Waals surface area contributed by atoms with Gasteiger partial charge >= 0.3 is 0 Å². The summed E-state index contributed by atoms with van der Waals surface area (Å²) in [6, 6.07) is 5.00. The number of Topliss-reactive ketones (excluding diaryl/α,β-unsaturated/α-hetero) is 1. The standard InChI is InChI=1S/C14H14ClNO2/c1-3-10-6-14(18)16(8-10)13-7-11(9(2)17)4-5-12(13)15/h3-5,7,10H,1,6,8H2,2H3. The zero-order valence-electron chi connectivity index (χ0n) is 10.1. The Morgan fingerprint density at radius 3 is 2.83 bits per heavy atom. The molecule has 18 heavy (non-hydrogen) atoms. The summed E-state index contributed by atoms with van der Waals surface area (Å²) in [5.74, 6) is 0.122. The van der Waals surface area contributed by atoms with Gasteiger partial charge in [-0.3, -0.25) is 9.59 Å². The highest BCUT2D eigenvalue weighted by atomic mass is 35.5. The number of carbonyl (C=O) groups is 2. The maximum Gasteiger partial charge on any atom is 0.227 e. The molecule has 1 amide bonds. The maximum absolute atomic E-state index is 11.9. The molecule has 1 aromatic carbocycles. The van der Waals surface area contributed by atoms with Crippen LogP contribution in [0.15, 0.2) is 30.9 Å². The highest BCUT2D eigenvalue weighted by molar-refractivity contribution is 6.34. The minimum absolute atomic E-state index is 0.0162. The minimum atomic E-state index is -0.0418. The van der Waals surface area contributed by atoms with Crippen molar-refractivity contribution >= 4 is 29.0 Å². The summed E-state index contributed by atoms with van der Waals surface area (Å²) in [7, 11) is 0. The van der Waals surface area contributed by atoms with Crippen molar-refractivity contribution in [2.75, 3.05) is 11.4 Å². The lowest BCUT2D eigenvalue weighted by Crippen LogP contribution is -2.24. The first-order valence-electron chi connectivity index (χ1n) is 5.76. The van der Waals surface area contributed by atoms with Gasteiger partial charge in [-0.05, 0) is 25.1 Å². The summed E-state index contributed by atoms with van der Waals surface area (Å²) in [6.07, 6.45) is 2.23. The van der Waals surface area contributed by atoms with Crippen LogP contribution in [-0.2, 0) is 4.79 Å². The first-order chi connectivity index (χ1) is 8.52. The molecular formula is C14H14ClNO2. The summed E-state index contributed by atoms with van der Waals surface area (Å²) < 4.78 is 0. The van der Waals surface area contributed by atoms with Crippen LogP contribution in [0.1, 0.15) is 23.7 Å². The first kappa shape index (κ1) is 12.8. The topological polar surface area (TPSA) is 37.4 Å². The van der Waals surface area contributed by atoms with Crippen molar-refractivity contribution in [1.82, 2.24) is 0 Å². The van der Waals surface area contributed by atoms with Gasteiger partial charge in [-0.25, -0.2) is 0 Å². The van der Waals surface area contributed by atoms with E-state index in [1.54, 1.807) is 29.2 Å². The molecule has 1 aromatic rings. The Bertz CT molecular complexity index is 525. The highest BCUT2D eigenvalue weighted by Crippen LogP contribution is 2.32. The van der Waals surface area contributed by atoms with E-state index in [2.05, 4.69) is 6.58 Å². The molecule has 1 unspecified atom stereocenters. The molecule has 2 rings (SSSR count). The fourth-order valence-corrected chi connectivity index (χ4v) is 2.28. The third kappa shape index (κ3) is 2.31. The van der Waals surface area contributed by atoms with E-state index in [0.717, 1.165) is 0 Å². The van der Waals surface area contributed by atoms with Crippen LogP contribution < -0.4 is 4.90 Å². The van der Waals surface area contributed by atoms with Gasteiger partial charge in [0, 0.05) is 24.4 Å².